The van der Waals surface area contributed by atoms with Crippen molar-refractivity contribution >= 4 is 15.9 Å². The monoisotopic (exact) mass is 362 g/mol. The summed E-state index contributed by atoms with van der Waals surface area (Å²) >= 11 is 0. The van der Waals surface area contributed by atoms with Crippen LogP contribution in [-0.2, 0) is 10.0 Å². The number of fused-ring (bicyclic) bond motifs is 1. The fourth-order valence-electron chi connectivity index (χ4n) is 5.25. The minimum Gasteiger partial charge on any atom is -0.335 e. The van der Waals surface area contributed by atoms with E-state index in [1.54, 1.807) is 19.1 Å². The lowest BCUT2D eigenvalue weighted by Gasteiger charge is -2.39. The van der Waals surface area contributed by atoms with E-state index in [-0.39, 0.29) is 10.8 Å². The van der Waals surface area contributed by atoms with Crippen LogP contribution in [-0.4, -0.2) is 38.4 Å². The predicted molar refractivity (Wildman–Crippen MR) is 95.7 cm³/mol. The third kappa shape index (κ3) is 3.22. The van der Waals surface area contributed by atoms with Gasteiger partial charge in [0.1, 0.15) is 0 Å². The van der Waals surface area contributed by atoms with E-state index in [4.69, 9.17) is 0 Å². The summed E-state index contributed by atoms with van der Waals surface area (Å²) < 4.78 is 26.6. The summed E-state index contributed by atoms with van der Waals surface area (Å²) in [6.07, 6.45) is 6.19. The maximum Gasteiger partial charge on any atom is 0.254 e. The summed E-state index contributed by atoms with van der Waals surface area (Å²) in [7, 11) is -3.47. The molecule has 4 aliphatic rings. The summed E-state index contributed by atoms with van der Waals surface area (Å²) in [5, 5.41) is 0. The zero-order chi connectivity index (χ0) is 17.6. The van der Waals surface area contributed by atoms with Gasteiger partial charge in [0.2, 0.25) is 10.0 Å². The van der Waals surface area contributed by atoms with Crippen LogP contribution in [0.4, 0.5) is 0 Å². The van der Waals surface area contributed by atoms with Crippen LogP contribution in [0.25, 0.3) is 0 Å². The van der Waals surface area contributed by atoms with Crippen LogP contribution in [0, 0.1) is 17.8 Å². The molecule has 5 rings (SSSR count). The molecule has 1 amide bonds. The number of hydrogen-bond donors (Lipinski definition) is 1. The standard InChI is InChI=1S/C19H26N2O3S/c1-2-20-25(23,24)18-5-3-16(4-6-18)19(22)21-12-15-8-13-7-14(9-15)11-17(21)10-13/h3-6,13-15,17,20H,2,7-12H2,1H3. The summed E-state index contributed by atoms with van der Waals surface area (Å²) in [5.74, 6) is 2.31. The third-order valence-electron chi connectivity index (χ3n) is 6.11. The van der Waals surface area contributed by atoms with Gasteiger partial charge < -0.3 is 4.90 Å². The normalized spacial score (nSPS) is 31.2. The van der Waals surface area contributed by atoms with Gasteiger partial charge in [-0.1, -0.05) is 6.92 Å². The van der Waals surface area contributed by atoms with Crippen LogP contribution in [0.15, 0.2) is 29.2 Å². The molecule has 1 aromatic carbocycles. The molecule has 1 N–H and O–H groups in total. The van der Waals surface area contributed by atoms with Gasteiger partial charge in [-0.05, 0) is 74.1 Å². The average molecular weight is 362 g/mol. The first-order valence-corrected chi connectivity index (χ1v) is 10.8. The molecule has 2 aliphatic heterocycles. The smallest absolute Gasteiger partial charge is 0.254 e. The molecule has 0 aromatic heterocycles. The largest absolute Gasteiger partial charge is 0.335 e. The molecule has 6 heteroatoms. The first-order chi connectivity index (χ1) is 12.0. The van der Waals surface area contributed by atoms with E-state index in [0.29, 0.717) is 24.1 Å². The molecule has 4 fully saturated rings. The Hall–Kier alpha value is -1.40. The van der Waals surface area contributed by atoms with E-state index < -0.39 is 10.0 Å². The SMILES string of the molecule is CCNS(=O)(=O)c1ccc(C(=O)N2CC3CC4CC(C3)CC2C4)cc1. The Morgan fingerprint density at radius 1 is 1.04 bits per heavy atom. The summed E-state index contributed by atoms with van der Waals surface area (Å²) in [6.45, 7) is 2.97. The number of amides is 1. The lowest BCUT2D eigenvalue weighted by molar-refractivity contribution is 0.0632. The molecule has 0 spiro atoms. The second-order valence-corrected chi connectivity index (χ2v) is 9.68. The highest BCUT2D eigenvalue weighted by Crippen LogP contribution is 2.47. The summed E-state index contributed by atoms with van der Waals surface area (Å²) in [4.78, 5) is 15.4. The van der Waals surface area contributed by atoms with E-state index in [1.807, 2.05) is 0 Å². The molecule has 25 heavy (non-hydrogen) atoms. The number of rotatable bonds is 4. The lowest BCUT2D eigenvalue weighted by atomic mass is 9.68. The Bertz CT molecular complexity index is 745. The Kier molecular flexibility index (Phi) is 4.36. The van der Waals surface area contributed by atoms with Crippen molar-refractivity contribution in [3.8, 4) is 0 Å². The second kappa shape index (κ2) is 6.40. The maximum atomic E-state index is 13.1. The molecule has 2 atom stereocenters. The minimum atomic E-state index is -3.47. The lowest BCUT2D eigenvalue weighted by Crippen LogP contribution is -2.42. The van der Waals surface area contributed by atoms with Gasteiger partial charge in [0.15, 0.2) is 0 Å². The molecule has 2 heterocycles. The first kappa shape index (κ1) is 17.0. The zero-order valence-corrected chi connectivity index (χ0v) is 15.5. The number of carbonyl (C=O) groups is 1. The molecule has 2 saturated heterocycles. The van der Waals surface area contributed by atoms with Crippen molar-refractivity contribution in [1.29, 1.82) is 0 Å². The Balaban J connectivity index is 1.55. The van der Waals surface area contributed by atoms with E-state index in [9.17, 15) is 13.2 Å². The van der Waals surface area contributed by atoms with Crippen LogP contribution in [0.3, 0.4) is 0 Å². The third-order valence-corrected chi connectivity index (χ3v) is 7.67. The van der Waals surface area contributed by atoms with Crippen molar-refractivity contribution in [3.63, 3.8) is 0 Å². The molecule has 1 aromatic rings. The molecule has 2 saturated carbocycles. The maximum absolute atomic E-state index is 13.1. The van der Waals surface area contributed by atoms with Gasteiger partial charge in [-0.3, -0.25) is 4.79 Å². The molecule has 2 aliphatic carbocycles. The van der Waals surface area contributed by atoms with Crippen LogP contribution in [0.2, 0.25) is 0 Å². The average Bonchev–Trinajstić information content (AvgIpc) is 2.78. The van der Waals surface area contributed by atoms with Crippen LogP contribution >= 0.6 is 0 Å². The number of nitrogens with one attached hydrogen (secondary N) is 1. The van der Waals surface area contributed by atoms with Crippen molar-refractivity contribution in [2.45, 2.75) is 50.0 Å². The van der Waals surface area contributed by atoms with Gasteiger partial charge in [0, 0.05) is 24.7 Å². The van der Waals surface area contributed by atoms with Gasteiger partial charge in [-0.2, -0.15) is 0 Å². The van der Waals surface area contributed by atoms with Crippen molar-refractivity contribution in [1.82, 2.24) is 9.62 Å². The van der Waals surface area contributed by atoms with E-state index in [0.717, 1.165) is 31.2 Å². The second-order valence-electron chi connectivity index (χ2n) is 7.91. The van der Waals surface area contributed by atoms with Crippen molar-refractivity contribution in [3.05, 3.63) is 29.8 Å². The number of carbonyl (C=O) groups excluding carboxylic acids is 1. The molecular weight excluding hydrogens is 336 g/mol. The Labute approximate surface area is 149 Å². The number of nitrogens with zero attached hydrogens (tertiary/aromatic N) is 1. The fourth-order valence-corrected chi connectivity index (χ4v) is 6.29. The minimum absolute atomic E-state index is 0.0607. The highest BCUT2D eigenvalue weighted by Gasteiger charge is 2.44. The van der Waals surface area contributed by atoms with Gasteiger partial charge >= 0.3 is 0 Å². The van der Waals surface area contributed by atoms with Gasteiger partial charge in [-0.15, -0.1) is 0 Å². The van der Waals surface area contributed by atoms with Gasteiger partial charge in [0.05, 0.1) is 4.90 Å². The van der Waals surface area contributed by atoms with Crippen LogP contribution in [0.5, 0.6) is 0 Å². The van der Waals surface area contributed by atoms with Crippen molar-refractivity contribution in [2.75, 3.05) is 13.1 Å². The predicted octanol–water partition coefficient (Wildman–Crippen LogP) is 2.64. The molecule has 136 valence electrons. The zero-order valence-electron chi connectivity index (χ0n) is 14.6. The Morgan fingerprint density at radius 2 is 1.64 bits per heavy atom. The Morgan fingerprint density at radius 3 is 2.24 bits per heavy atom. The van der Waals surface area contributed by atoms with E-state index in [2.05, 4.69) is 9.62 Å². The van der Waals surface area contributed by atoms with Crippen LogP contribution in [0.1, 0.15) is 49.4 Å². The highest BCUT2D eigenvalue weighted by molar-refractivity contribution is 7.89. The van der Waals surface area contributed by atoms with Crippen LogP contribution < -0.4 is 4.72 Å². The molecular formula is C19H26N2O3S. The molecule has 4 bridgehead atoms. The van der Waals surface area contributed by atoms with Crippen molar-refractivity contribution < 1.29 is 13.2 Å². The van der Waals surface area contributed by atoms with Gasteiger partial charge in [-0.25, -0.2) is 13.1 Å². The number of hydrogen-bond acceptors (Lipinski definition) is 3. The summed E-state index contributed by atoms with van der Waals surface area (Å²) in [5.41, 5.74) is 0.594. The van der Waals surface area contributed by atoms with E-state index >= 15 is 0 Å². The fraction of sp³-hybridized carbons (Fsp3) is 0.632. The number of sulfonamides is 1. The first-order valence-electron chi connectivity index (χ1n) is 9.37. The quantitative estimate of drug-likeness (QED) is 0.895. The summed E-state index contributed by atoms with van der Waals surface area (Å²) in [6, 6.07) is 6.75. The van der Waals surface area contributed by atoms with Crippen molar-refractivity contribution in [2.24, 2.45) is 17.8 Å². The molecule has 2 unspecified atom stereocenters. The van der Waals surface area contributed by atoms with E-state index in [1.165, 1.54) is 31.4 Å². The molecule has 5 nitrogen and oxygen atoms in total. The van der Waals surface area contributed by atoms with Gasteiger partial charge in [0.25, 0.3) is 5.91 Å². The number of benzene rings is 1. The highest BCUT2D eigenvalue weighted by atomic mass is 32.2. The topological polar surface area (TPSA) is 66.5 Å². The molecule has 0 radical (unpaired) electrons.